The molecule has 1 amide bonds. The van der Waals surface area contributed by atoms with Crippen molar-refractivity contribution in [3.63, 3.8) is 0 Å². The van der Waals surface area contributed by atoms with E-state index in [1.54, 1.807) is 12.4 Å². The summed E-state index contributed by atoms with van der Waals surface area (Å²) in [6.45, 7) is 1.13. The van der Waals surface area contributed by atoms with Gasteiger partial charge in [-0.3, -0.25) is 4.79 Å². The predicted molar refractivity (Wildman–Crippen MR) is 72.6 cm³/mol. The number of benzene rings is 1. The lowest BCUT2D eigenvalue weighted by molar-refractivity contribution is -0.124. The predicted octanol–water partition coefficient (Wildman–Crippen LogP) is 1.31. The topological polar surface area (TPSA) is 69.8 Å². The van der Waals surface area contributed by atoms with Gasteiger partial charge in [0, 0.05) is 24.6 Å². The number of aromatic nitrogens is 2. The number of nitrogens with one attached hydrogen (secondary N) is 3. The van der Waals surface area contributed by atoms with Crippen LogP contribution < -0.4 is 10.6 Å². The van der Waals surface area contributed by atoms with E-state index in [-0.39, 0.29) is 11.8 Å². The number of H-pyrrole nitrogens is 1. The highest BCUT2D eigenvalue weighted by Crippen LogP contribution is 2.24. The molecular weight excluding hydrogens is 240 g/mol. The Hall–Kier alpha value is -2.30. The van der Waals surface area contributed by atoms with Gasteiger partial charge in [-0.05, 0) is 18.1 Å². The highest BCUT2D eigenvalue weighted by atomic mass is 16.1. The number of rotatable bonds is 3. The van der Waals surface area contributed by atoms with E-state index in [1.165, 1.54) is 5.56 Å². The van der Waals surface area contributed by atoms with Crippen molar-refractivity contribution in [2.75, 3.05) is 11.9 Å². The Bertz CT molecular complexity index is 565. The first-order chi connectivity index (χ1) is 9.33. The fourth-order valence-electron chi connectivity index (χ4n) is 2.34. The number of amides is 1. The third-order valence-electron chi connectivity index (χ3n) is 3.38. The van der Waals surface area contributed by atoms with Crippen molar-refractivity contribution in [2.45, 2.75) is 13.0 Å². The molecule has 1 aliphatic heterocycles. The van der Waals surface area contributed by atoms with Crippen LogP contribution in [0.25, 0.3) is 0 Å². The van der Waals surface area contributed by atoms with Gasteiger partial charge in [-0.1, -0.05) is 18.2 Å². The van der Waals surface area contributed by atoms with Gasteiger partial charge in [-0.2, -0.15) is 0 Å². The molecule has 2 heterocycles. The first-order valence-corrected chi connectivity index (χ1v) is 6.40. The average molecular weight is 256 g/mol. The van der Waals surface area contributed by atoms with Gasteiger partial charge < -0.3 is 15.6 Å². The van der Waals surface area contributed by atoms with Crippen LogP contribution >= 0.6 is 0 Å². The minimum atomic E-state index is -0.0233. The zero-order valence-electron chi connectivity index (χ0n) is 10.5. The maximum atomic E-state index is 12.1. The van der Waals surface area contributed by atoms with Gasteiger partial charge in [0.25, 0.3) is 0 Å². The number of hydrogen-bond donors (Lipinski definition) is 3. The van der Waals surface area contributed by atoms with Gasteiger partial charge in [-0.25, -0.2) is 4.98 Å². The molecule has 1 aliphatic rings. The number of para-hydroxylation sites is 1. The highest BCUT2D eigenvalue weighted by Gasteiger charge is 2.23. The van der Waals surface area contributed by atoms with Crippen LogP contribution in [0.5, 0.6) is 0 Å². The van der Waals surface area contributed by atoms with Gasteiger partial charge in [0.15, 0.2) is 0 Å². The van der Waals surface area contributed by atoms with Gasteiger partial charge >= 0.3 is 0 Å². The summed E-state index contributed by atoms with van der Waals surface area (Å²) in [5, 5.41) is 6.22. The summed E-state index contributed by atoms with van der Waals surface area (Å²) in [4.78, 5) is 19.2. The summed E-state index contributed by atoms with van der Waals surface area (Å²) in [6, 6.07) is 8.12. The van der Waals surface area contributed by atoms with Crippen LogP contribution in [0.15, 0.2) is 36.7 Å². The van der Waals surface area contributed by atoms with Crippen LogP contribution in [0.2, 0.25) is 0 Å². The number of aromatic amines is 1. The molecule has 0 radical (unpaired) electrons. The molecule has 5 nitrogen and oxygen atoms in total. The first kappa shape index (κ1) is 11.8. The lowest BCUT2D eigenvalue weighted by Crippen LogP contribution is -2.38. The summed E-state index contributed by atoms with van der Waals surface area (Å²) < 4.78 is 0. The van der Waals surface area contributed by atoms with Crippen molar-refractivity contribution in [2.24, 2.45) is 5.92 Å². The van der Waals surface area contributed by atoms with Gasteiger partial charge in [0.05, 0.1) is 12.5 Å². The third-order valence-corrected chi connectivity index (χ3v) is 3.38. The molecule has 0 spiro atoms. The Morgan fingerprint density at radius 2 is 2.32 bits per heavy atom. The second kappa shape index (κ2) is 5.14. The number of imidazole rings is 1. The van der Waals surface area contributed by atoms with E-state index in [9.17, 15) is 4.79 Å². The Kier molecular flexibility index (Phi) is 3.18. The van der Waals surface area contributed by atoms with Crippen molar-refractivity contribution in [1.29, 1.82) is 0 Å². The number of fused-ring (bicyclic) bond motifs is 1. The minimum absolute atomic E-state index is 0.0233. The van der Waals surface area contributed by atoms with E-state index in [1.807, 2.05) is 18.2 Å². The molecule has 0 saturated heterocycles. The molecule has 3 rings (SSSR count). The molecule has 3 N–H and O–H groups in total. The minimum Gasteiger partial charge on any atom is -0.384 e. The van der Waals surface area contributed by atoms with Crippen LogP contribution in [0.1, 0.15) is 11.4 Å². The Morgan fingerprint density at radius 3 is 3.16 bits per heavy atom. The standard InChI is InChI=1S/C14H16N4O/c19-14(18-9-13-15-5-6-16-13)11-7-10-3-1-2-4-12(10)17-8-11/h1-6,11,17H,7-9H2,(H,15,16)(H,18,19). The van der Waals surface area contributed by atoms with E-state index < -0.39 is 0 Å². The van der Waals surface area contributed by atoms with Crippen LogP contribution in [-0.2, 0) is 17.8 Å². The molecule has 98 valence electrons. The second-order valence-corrected chi connectivity index (χ2v) is 4.69. The van der Waals surface area contributed by atoms with Gasteiger partial charge in [0.1, 0.15) is 5.82 Å². The van der Waals surface area contributed by atoms with Crippen molar-refractivity contribution in [1.82, 2.24) is 15.3 Å². The molecule has 1 aromatic carbocycles. The zero-order valence-corrected chi connectivity index (χ0v) is 10.5. The Labute approximate surface area is 111 Å². The summed E-state index contributed by atoms with van der Waals surface area (Å²) in [7, 11) is 0. The SMILES string of the molecule is O=C(NCc1ncc[nH]1)C1CNc2ccccc2C1. The molecule has 1 unspecified atom stereocenters. The molecule has 0 saturated carbocycles. The third kappa shape index (κ3) is 2.59. The zero-order chi connectivity index (χ0) is 13.1. The van der Waals surface area contributed by atoms with Crippen molar-refractivity contribution >= 4 is 11.6 Å². The molecule has 0 fully saturated rings. The van der Waals surface area contributed by atoms with Crippen molar-refractivity contribution < 1.29 is 4.79 Å². The second-order valence-electron chi connectivity index (χ2n) is 4.69. The Morgan fingerprint density at radius 1 is 1.42 bits per heavy atom. The lowest BCUT2D eigenvalue weighted by atomic mass is 9.93. The fourth-order valence-corrected chi connectivity index (χ4v) is 2.34. The Balaban J connectivity index is 1.60. The van der Waals surface area contributed by atoms with E-state index in [2.05, 4.69) is 26.7 Å². The smallest absolute Gasteiger partial charge is 0.225 e. The summed E-state index contributed by atoms with van der Waals surface area (Å²) in [6.07, 6.45) is 4.22. The monoisotopic (exact) mass is 256 g/mol. The maximum absolute atomic E-state index is 12.1. The molecule has 19 heavy (non-hydrogen) atoms. The molecular formula is C14H16N4O. The van der Waals surface area contributed by atoms with E-state index in [0.29, 0.717) is 13.1 Å². The molecule has 2 aromatic rings. The molecule has 0 bridgehead atoms. The van der Waals surface area contributed by atoms with Crippen LogP contribution in [0.3, 0.4) is 0 Å². The molecule has 0 aliphatic carbocycles. The van der Waals surface area contributed by atoms with Gasteiger partial charge in [-0.15, -0.1) is 0 Å². The average Bonchev–Trinajstić information content (AvgIpc) is 2.97. The van der Waals surface area contributed by atoms with E-state index in [4.69, 9.17) is 0 Å². The summed E-state index contributed by atoms with van der Waals surface area (Å²) in [5.74, 6) is 0.820. The molecule has 1 aromatic heterocycles. The number of nitrogens with zero attached hydrogens (tertiary/aromatic N) is 1. The molecule has 5 heteroatoms. The first-order valence-electron chi connectivity index (χ1n) is 6.40. The quantitative estimate of drug-likeness (QED) is 0.775. The van der Waals surface area contributed by atoms with E-state index in [0.717, 1.165) is 17.9 Å². The van der Waals surface area contributed by atoms with Crippen LogP contribution in [-0.4, -0.2) is 22.4 Å². The van der Waals surface area contributed by atoms with Crippen molar-refractivity contribution in [3.05, 3.63) is 48.0 Å². The normalized spacial score (nSPS) is 17.4. The number of anilines is 1. The number of carbonyl (C=O) groups is 1. The van der Waals surface area contributed by atoms with Crippen LogP contribution in [0, 0.1) is 5.92 Å². The van der Waals surface area contributed by atoms with E-state index >= 15 is 0 Å². The lowest BCUT2D eigenvalue weighted by Gasteiger charge is -2.25. The number of hydrogen-bond acceptors (Lipinski definition) is 3. The maximum Gasteiger partial charge on any atom is 0.225 e. The highest BCUT2D eigenvalue weighted by molar-refractivity contribution is 5.80. The number of carbonyl (C=O) groups excluding carboxylic acids is 1. The van der Waals surface area contributed by atoms with Gasteiger partial charge in [0.2, 0.25) is 5.91 Å². The summed E-state index contributed by atoms with van der Waals surface area (Å²) in [5.41, 5.74) is 2.34. The molecule has 1 atom stereocenters. The van der Waals surface area contributed by atoms with Crippen molar-refractivity contribution in [3.8, 4) is 0 Å². The fraction of sp³-hybridized carbons (Fsp3) is 0.286. The van der Waals surface area contributed by atoms with Crippen LogP contribution in [0.4, 0.5) is 5.69 Å². The largest absolute Gasteiger partial charge is 0.384 e. The summed E-state index contributed by atoms with van der Waals surface area (Å²) >= 11 is 0.